The first-order valence-corrected chi connectivity index (χ1v) is 12.8. The molecule has 0 bridgehead atoms. The van der Waals surface area contributed by atoms with Crippen LogP contribution >= 0.6 is 0 Å². The van der Waals surface area contributed by atoms with Gasteiger partial charge < -0.3 is 9.64 Å². The second-order valence-electron chi connectivity index (χ2n) is 8.43. The molecular formula is C23H26N8O5S. The number of ether oxygens (including phenoxy) is 1. The molecule has 0 radical (unpaired) electrons. The molecule has 1 aromatic carbocycles. The molecule has 3 heterocycles. The van der Waals surface area contributed by atoms with Gasteiger partial charge in [-0.25, -0.2) is 4.52 Å². The number of hydrogen-bond acceptors (Lipinski definition) is 10. The Morgan fingerprint density at radius 3 is 2.73 bits per heavy atom. The number of nitriles is 1. The maximum absolute atomic E-state index is 13.5. The lowest BCUT2D eigenvalue weighted by atomic mass is 10.2. The van der Waals surface area contributed by atoms with E-state index in [1.54, 1.807) is 34.8 Å². The van der Waals surface area contributed by atoms with Crippen molar-refractivity contribution in [3.05, 3.63) is 64.0 Å². The lowest BCUT2D eigenvalue weighted by Crippen LogP contribution is -2.41. The monoisotopic (exact) mass is 526 g/mol. The molecule has 3 aromatic rings. The topological polar surface area (TPSA) is 150 Å². The van der Waals surface area contributed by atoms with Crippen molar-refractivity contribution in [2.24, 2.45) is 5.10 Å². The van der Waals surface area contributed by atoms with Crippen LogP contribution in [0, 0.1) is 21.4 Å². The number of fused-ring (bicyclic) bond motifs is 1. The predicted octanol–water partition coefficient (Wildman–Crippen LogP) is 1.54. The molecule has 194 valence electrons. The SMILES string of the molecule is CN(CCN1CCOCC1)c1ccc([N+](=O)[O-])cc1S(=O)(=O)N(C)N=Cc1cnn2ccc(C#N)cc12. The summed E-state index contributed by atoms with van der Waals surface area (Å²) in [5, 5.41) is 28.8. The molecule has 1 aliphatic rings. The number of nitro groups is 1. The van der Waals surface area contributed by atoms with Crippen LogP contribution in [0.25, 0.3) is 5.52 Å². The molecule has 13 nitrogen and oxygen atoms in total. The van der Waals surface area contributed by atoms with Crippen molar-refractivity contribution in [3.8, 4) is 6.07 Å². The predicted molar refractivity (Wildman–Crippen MR) is 136 cm³/mol. The van der Waals surface area contributed by atoms with Crippen LogP contribution in [-0.2, 0) is 14.8 Å². The van der Waals surface area contributed by atoms with Gasteiger partial charge in [0.05, 0.1) is 53.4 Å². The lowest BCUT2D eigenvalue weighted by Gasteiger charge is -2.30. The minimum Gasteiger partial charge on any atom is -0.379 e. The molecular weight excluding hydrogens is 500 g/mol. The van der Waals surface area contributed by atoms with E-state index in [-0.39, 0.29) is 10.6 Å². The average Bonchev–Trinajstić information content (AvgIpc) is 3.32. The molecule has 0 atom stereocenters. The van der Waals surface area contributed by atoms with E-state index in [1.807, 2.05) is 6.07 Å². The van der Waals surface area contributed by atoms with Gasteiger partial charge in [-0.15, -0.1) is 0 Å². The summed E-state index contributed by atoms with van der Waals surface area (Å²) in [5.74, 6) is 0. The van der Waals surface area contributed by atoms with E-state index in [0.717, 1.165) is 23.6 Å². The summed E-state index contributed by atoms with van der Waals surface area (Å²) in [7, 11) is -1.25. The Morgan fingerprint density at radius 1 is 1.27 bits per heavy atom. The Kier molecular flexibility index (Phi) is 7.67. The smallest absolute Gasteiger partial charge is 0.281 e. The van der Waals surface area contributed by atoms with Gasteiger partial charge in [-0.1, -0.05) is 0 Å². The molecule has 37 heavy (non-hydrogen) atoms. The summed E-state index contributed by atoms with van der Waals surface area (Å²) < 4.78 is 34.7. The minimum atomic E-state index is -4.26. The minimum absolute atomic E-state index is 0.225. The van der Waals surface area contributed by atoms with Crippen LogP contribution in [0.2, 0.25) is 0 Å². The van der Waals surface area contributed by atoms with Gasteiger partial charge in [-0.2, -0.15) is 28.3 Å². The number of likely N-dealkylation sites (N-methyl/N-ethyl adjacent to an activating group) is 1. The number of aromatic nitrogens is 2. The summed E-state index contributed by atoms with van der Waals surface area (Å²) in [4.78, 5) is 14.5. The first kappa shape index (κ1) is 26.0. The second kappa shape index (κ2) is 10.9. The molecule has 1 fully saturated rings. The molecule has 0 unspecified atom stereocenters. The number of sulfonamides is 1. The second-order valence-corrected chi connectivity index (χ2v) is 10.3. The van der Waals surface area contributed by atoms with Gasteiger partial charge in [-0.3, -0.25) is 15.0 Å². The number of non-ortho nitro benzene ring substituents is 1. The van der Waals surface area contributed by atoms with Crippen LogP contribution in [0.1, 0.15) is 11.1 Å². The lowest BCUT2D eigenvalue weighted by molar-refractivity contribution is -0.385. The largest absolute Gasteiger partial charge is 0.379 e. The van der Waals surface area contributed by atoms with Crippen molar-refractivity contribution in [2.75, 3.05) is 58.4 Å². The number of benzene rings is 1. The molecule has 0 N–H and O–H groups in total. The average molecular weight is 527 g/mol. The summed E-state index contributed by atoms with van der Waals surface area (Å²) in [5.41, 5.74) is 1.49. The number of morpholine rings is 1. The Hall–Kier alpha value is -4.06. The number of rotatable bonds is 9. The number of hydrogen-bond donors (Lipinski definition) is 0. The van der Waals surface area contributed by atoms with Crippen molar-refractivity contribution < 1.29 is 18.1 Å². The van der Waals surface area contributed by atoms with E-state index in [0.29, 0.717) is 48.6 Å². The van der Waals surface area contributed by atoms with Crippen molar-refractivity contribution in [3.63, 3.8) is 0 Å². The number of pyridine rings is 1. The zero-order valence-corrected chi connectivity index (χ0v) is 21.2. The van der Waals surface area contributed by atoms with Crippen molar-refractivity contribution >= 4 is 33.1 Å². The zero-order valence-electron chi connectivity index (χ0n) is 20.4. The fourth-order valence-corrected chi connectivity index (χ4v) is 5.11. The Balaban J connectivity index is 1.62. The number of hydrazone groups is 1. The standard InChI is InChI=1S/C23H26N8O5S/c1-27(7-8-29-9-11-36-12-10-29)21-4-3-20(31(32)33)14-23(21)37(34,35)28(2)25-16-19-17-26-30-6-5-18(15-24)13-22(19)30/h3-6,13-14,16-17H,7-12H2,1-2H3. The first-order chi connectivity index (χ1) is 17.7. The third kappa shape index (κ3) is 5.69. The summed E-state index contributed by atoms with van der Waals surface area (Å²) >= 11 is 0. The van der Waals surface area contributed by atoms with Crippen LogP contribution in [0.15, 0.2) is 52.7 Å². The molecule has 4 rings (SSSR count). The van der Waals surface area contributed by atoms with Crippen molar-refractivity contribution in [1.82, 2.24) is 18.9 Å². The van der Waals surface area contributed by atoms with Crippen LogP contribution in [-0.4, -0.2) is 92.0 Å². The molecule has 0 amide bonds. The highest BCUT2D eigenvalue weighted by Gasteiger charge is 2.28. The van der Waals surface area contributed by atoms with Crippen LogP contribution in [0.3, 0.4) is 0 Å². The third-order valence-electron chi connectivity index (χ3n) is 6.09. The summed E-state index contributed by atoms with van der Waals surface area (Å²) in [6.07, 6.45) is 4.44. The van der Waals surface area contributed by atoms with Gasteiger partial charge in [0, 0.05) is 64.2 Å². The quantitative estimate of drug-likeness (QED) is 0.230. The summed E-state index contributed by atoms with van der Waals surface area (Å²) in [6.45, 7) is 4.06. The van der Waals surface area contributed by atoms with Crippen molar-refractivity contribution in [1.29, 1.82) is 5.26 Å². The van der Waals surface area contributed by atoms with Gasteiger partial charge >= 0.3 is 0 Å². The van der Waals surface area contributed by atoms with E-state index in [2.05, 4.69) is 15.1 Å². The van der Waals surface area contributed by atoms with Crippen molar-refractivity contribution in [2.45, 2.75) is 4.90 Å². The van der Waals surface area contributed by atoms with E-state index in [4.69, 9.17) is 10.00 Å². The fraction of sp³-hybridized carbons (Fsp3) is 0.348. The number of nitro benzene ring substituents is 1. The third-order valence-corrected chi connectivity index (χ3v) is 7.76. The van der Waals surface area contributed by atoms with E-state index < -0.39 is 14.9 Å². The maximum atomic E-state index is 13.5. The number of nitrogens with zero attached hydrogens (tertiary/aromatic N) is 8. The van der Waals surface area contributed by atoms with Crippen LogP contribution in [0.4, 0.5) is 11.4 Å². The number of anilines is 1. The molecule has 2 aromatic heterocycles. The van der Waals surface area contributed by atoms with Gasteiger partial charge in [0.2, 0.25) is 0 Å². The maximum Gasteiger partial charge on any atom is 0.281 e. The molecule has 0 spiro atoms. The van der Waals surface area contributed by atoms with E-state index in [9.17, 15) is 18.5 Å². The highest BCUT2D eigenvalue weighted by atomic mass is 32.2. The molecule has 14 heteroatoms. The molecule has 0 aliphatic carbocycles. The first-order valence-electron chi connectivity index (χ1n) is 11.4. The molecule has 1 saturated heterocycles. The van der Waals surface area contributed by atoms with Crippen LogP contribution in [0.5, 0.6) is 0 Å². The highest BCUT2D eigenvalue weighted by molar-refractivity contribution is 7.89. The van der Waals surface area contributed by atoms with Gasteiger partial charge in [0.1, 0.15) is 4.90 Å². The van der Waals surface area contributed by atoms with E-state index in [1.165, 1.54) is 31.6 Å². The summed E-state index contributed by atoms with van der Waals surface area (Å²) in [6, 6.07) is 9.05. The van der Waals surface area contributed by atoms with Gasteiger partial charge in [0.25, 0.3) is 15.7 Å². The highest BCUT2D eigenvalue weighted by Crippen LogP contribution is 2.31. The Morgan fingerprint density at radius 2 is 2.03 bits per heavy atom. The van der Waals surface area contributed by atoms with Gasteiger partial charge in [-0.05, 0) is 18.2 Å². The van der Waals surface area contributed by atoms with E-state index >= 15 is 0 Å². The fourth-order valence-electron chi connectivity index (χ4n) is 3.89. The molecule has 1 aliphatic heterocycles. The van der Waals surface area contributed by atoms with Crippen LogP contribution < -0.4 is 4.90 Å². The normalized spacial score (nSPS) is 14.6. The Labute approximate surface area is 214 Å². The van der Waals surface area contributed by atoms with Gasteiger partial charge in [0.15, 0.2) is 0 Å². The molecule has 0 saturated carbocycles. The zero-order chi connectivity index (χ0) is 26.6. The Bertz CT molecular complexity index is 1470.